The molecule has 0 aliphatic rings. The first-order valence-electron chi connectivity index (χ1n) is 2.15. The fourth-order valence-electron chi connectivity index (χ4n) is 0.227. The van der Waals surface area contributed by atoms with Crippen LogP contribution in [0.25, 0.3) is 0 Å². The lowest BCUT2D eigenvalue weighted by molar-refractivity contribution is 0.336. The summed E-state index contributed by atoms with van der Waals surface area (Å²) in [5.41, 5.74) is 0. The van der Waals surface area contributed by atoms with Crippen LogP contribution in [0, 0.1) is 0 Å². The number of ether oxygens (including phenoxy) is 1. The van der Waals surface area contributed by atoms with Gasteiger partial charge in [0.05, 0.1) is 13.4 Å². The summed E-state index contributed by atoms with van der Waals surface area (Å²) in [5.74, 6) is 0. The normalized spacial score (nSPS) is 10.0. The lowest BCUT2D eigenvalue weighted by Crippen LogP contribution is -1.67. The van der Waals surface area contributed by atoms with E-state index in [0.717, 1.165) is 10.8 Å². The topological polar surface area (TPSA) is 9.23 Å². The Morgan fingerprint density at radius 1 is 1.71 bits per heavy atom. The molecule has 0 radical (unpaired) electrons. The van der Waals surface area contributed by atoms with Crippen LogP contribution in [-0.4, -0.2) is 11.5 Å². The Morgan fingerprint density at radius 2 is 2.43 bits per heavy atom. The van der Waals surface area contributed by atoms with Gasteiger partial charge in [-0.15, -0.1) is 0 Å². The Morgan fingerprint density at radius 3 is 2.86 bits per heavy atom. The van der Waals surface area contributed by atoms with Crippen LogP contribution in [0.15, 0.2) is 12.3 Å². The molecular formula is C5H9IO. The Labute approximate surface area is 57.9 Å². The fraction of sp³-hybridized carbons (Fsp3) is 0.600. The van der Waals surface area contributed by atoms with Gasteiger partial charge in [0, 0.05) is 4.43 Å². The van der Waals surface area contributed by atoms with E-state index in [2.05, 4.69) is 27.3 Å². The molecule has 0 heterocycles. The number of allylic oxidation sites excluding steroid dienone is 1. The Bertz CT molecular complexity index is 52.0. The summed E-state index contributed by atoms with van der Waals surface area (Å²) in [6.07, 6.45) is 4.82. The highest BCUT2D eigenvalue weighted by Crippen LogP contribution is 1.88. The second kappa shape index (κ2) is 6.27. The van der Waals surface area contributed by atoms with Gasteiger partial charge in [0.1, 0.15) is 0 Å². The first kappa shape index (κ1) is 7.27. The summed E-state index contributed by atoms with van der Waals surface area (Å²) < 4.78 is 5.82. The minimum atomic E-state index is 1.11. The van der Waals surface area contributed by atoms with Gasteiger partial charge >= 0.3 is 0 Å². The quantitative estimate of drug-likeness (QED) is 0.394. The average molecular weight is 212 g/mol. The Hall–Kier alpha value is 0.270. The van der Waals surface area contributed by atoms with Gasteiger partial charge in [-0.1, -0.05) is 22.6 Å². The second-order valence-electron chi connectivity index (χ2n) is 1.09. The standard InChI is InChI=1S/C5H9IO/c1-7-5-3-2-4-6/h3,5H,2,4H2,1H3/b5-3+. The zero-order chi connectivity index (χ0) is 5.54. The largest absolute Gasteiger partial charge is 0.505 e. The van der Waals surface area contributed by atoms with Gasteiger partial charge in [0.25, 0.3) is 0 Å². The number of methoxy groups -OCH3 is 1. The highest BCUT2D eigenvalue weighted by Gasteiger charge is 1.69. The van der Waals surface area contributed by atoms with Gasteiger partial charge in [-0.2, -0.15) is 0 Å². The molecule has 0 fully saturated rings. The van der Waals surface area contributed by atoms with Crippen LogP contribution < -0.4 is 0 Å². The molecule has 0 aromatic heterocycles. The molecule has 2 heteroatoms. The summed E-state index contributed by atoms with van der Waals surface area (Å²) in [6, 6.07) is 0. The predicted octanol–water partition coefficient (Wildman–Crippen LogP) is 1.97. The smallest absolute Gasteiger partial charge is 0.0784 e. The van der Waals surface area contributed by atoms with E-state index in [4.69, 9.17) is 0 Å². The zero-order valence-electron chi connectivity index (χ0n) is 4.36. The summed E-state index contributed by atoms with van der Waals surface area (Å²) in [7, 11) is 1.66. The molecule has 0 aromatic carbocycles. The molecular weight excluding hydrogens is 203 g/mol. The van der Waals surface area contributed by atoms with Crippen molar-refractivity contribution in [1.82, 2.24) is 0 Å². The molecule has 42 valence electrons. The van der Waals surface area contributed by atoms with Crippen LogP contribution >= 0.6 is 22.6 Å². The summed E-state index contributed by atoms with van der Waals surface area (Å²) >= 11 is 2.32. The molecule has 1 nitrogen and oxygen atoms in total. The molecule has 0 amide bonds. The summed E-state index contributed by atoms with van der Waals surface area (Å²) in [5, 5.41) is 0. The van der Waals surface area contributed by atoms with Crippen molar-refractivity contribution in [3.05, 3.63) is 12.3 Å². The summed E-state index contributed by atoms with van der Waals surface area (Å²) in [4.78, 5) is 0. The van der Waals surface area contributed by atoms with Gasteiger partial charge < -0.3 is 4.74 Å². The maximum atomic E-state index is 4.66. The molecule has 0 aliphatic heterocycles. The van der Waals surface area contributed by atoms with E-state index in [1.807, 2.05) is 6.08 Å². The van der Waals surface area contributed by atoms with Gasteiger partial charge in [0.15, 0.2) is 0 Å². The van der Waals surface area contributed by atoms with Crippen molar-refractivity contribution >= 4 is 22.6 Å². The molecule has 0 spiro atoms. The minimum Gasteiger partial charge on any atom is -0.505 e. The van der Waals surface area contributed by atoms with E-state index in [-0.39, 0.29) is 0 Å². The third-order valence-electron chi connectivity index (χ3n) is 0.508. The number of hydrogen-bond donors (Lipinski definition) is 0. The molecule has 0 saturated carbocycles. The Kier molecular flexibility index (Phi) is 6.51. The van der Waals surface area contributed by atoms with E-state index >= 15 is 0 Å². The maximum Gasteiger partial charge on any atom is 0.0784 e. The molecule has 0 atom stereocenters. The van der Waals surface area contributed by atoms with E-state index < -0.39 is 0 Å². The van der Waals surface area contributed by atoms with Crippen LogP contribution in [-0.2, 0) is 4.74 Å². The zero-order valence-corrected chi connectivity index (χ0v) is 6.51. The molecule has 0 aromatic rings. The van der Waals surface area contributed by atoms with Crippen molar-refractivity contribution in [2.24, 2.45) is 0 Å². The molecule has 7 heavy (non-hydrogen) atoms. The van der Waals surface area contributed by atoms with Crippen molar-refractivity contribution in [2.45, 2.75) is 6.42 Å². The lowest BCUT2D eigenvalue weighted by atomic mass is 10.5. The molecule has 0 aliphatic carbocycles. The van der Waals surface area contributed by atoms with E-state index in [9.17, 15) is 0 Å². The monoisotopic (exact) mass is 212 g/mol. The SMILES string of the molecule is CO/C=C/CCI. The molecule has 0 rings (SSSR count). The van der Waals surface area contributed by atoms with Crippen LogP contribution in [0.4, 0.5) is 0 Å². The van der Waals surface area contributed by atoms with Gasteiger partial charge in [-0.25, -0.2) is 0 Å². The molecule has 0 unspecified atom stereocenters. The van der Waals surface area contributed by atoms with Crippen molar-refractivity contribution in [3.63, 3.8) is 0 Å². The van der Waals surface area contributed by atoms with Crippen LogP contribution in [0.2, 0.25) is 0 Å². The first-order chi connectivity index (χ1) is 3.41. The van der Waals surface area contributed by atoms with Gasteiger partial charge in [0.2, 0.25) is 0 Å². The number of rotatable bonds is 3. The van der Waals surface area contributed by atoms with Crippen molar-refractivity contribution in [3.8, 4) is 0 Å². The predicted molar refractivity (Wildman–Crippen MR) is 39.7 cm³/mol. The van der Waals surface area contributed by atoms with E-state index in [1.165, 1.54) is 0 Å². The molecule has 0 saturated heterocycles. The highest BCUT2D eigenvalue weighted by molar-refractivity contribution is 14.1. The maximum absolute atomic E-state index is 4.66. The molecule has 0 bridgehead atoms. The number of alkyl halides is 1. The van der Waals surface area contributed by atoms with Crippen molar-refractivity contribution in [1.29, 1.82) is 0 Å². The highest BCUT2D eigenvalue weighted by atomic mass is 127. The van der Waals surface area contributed by atoms with E-state index in [1.54, 1.807) is 13.4 Å². The van der Waals surface area contributed by atoms with Gasteiger partial charge in [-0.3, -0.25) is 0 Å². The Balaban J connectivity index is 2.78. The van der Waals surface area contributed by atoms with Crippen molar-refractivity contribution in [2.75, 3.05) is 11.5 Å². The second-order valence-corrected chi connectivity index (χ2v) is 2.16. The lowest BCUT2D eigenvalue weighted by Gasteiger charge is -1.82. The van der Waals surface area contributed by atoms with E-state index in [0.29, 0.717) is 0 Å². The summed E-state index contributed by atoms with van der Waals surface area (Å²) in [6.45, 7) is 0. The fourth-order valence-corrected chi connectivity index (χ4v) is 0.587. The van der Waals surface area contributed by atoms with Gasteiger partial charge in [-0.05, 0) is 12.5 Å². The first-order valence-corrected chi connectivity index (χ1v) is 3.68. The third-order valence-corrected chi connectivity index (χ3v) is 1.13. The number of hydrogen-bond acceptors (Lipinski definition) is 1. The third kappa shape index (κ3) is 6.27. The number of halogens is 1. The molecule has 0 N–H and O–H groups in total. The van der Waals surface area contributed by atoms with Crippen LogP contribution in [0.1, 0.15) is 6.42 Å². The van der Waals surface area contributed by atoms with Crippen LogP contribution in [0.5, 0.6) is 0 Å². The average Bonchev–Trinajstić information content (AvgIpc) is 1.69. The minimum absolute atomic E-state index is 1.11. The van der Waals surface area contributed by atoms with Crippen LogP contribution in [0.3, 0.4) is 0 Å². The van der Waals surface area contributed by atoms with Crippen molar-refractivity contribution < 1.29 is 4.74 Å².